The van der Waals surface area contributed by atoms with E-state index in [1.807, 2.05) is 48.5 Å². The second kappa shape index (κ2) is 10.7. The summed E-state index contributed by atoms with van der Waals surface area (Å²) in [6.07, 6.45) is 0. The number of nitrogens with one attached hydrogen (secondary N) is 1. The Balaban J connectivity index is 1.15. The second-order valence-electron chi connectivity index (χ2n) is 11.0. The molecule has 4 aromatic rings. The maximum atomic E-state index is 14.2. The van der Waals surface area contributed by atoms with E-state index in [9.17, 15) is 19.2 Å². The van der Waals surface area contributed by atoms with Crippen LogP contribution < -0.4 is 19.7 Å². The highest BCUT2D eigenvalue weighted by molar-refractivity contribution is 6.25. The molecular weight excluding hydrogens is 560 g/mol. The molecule has 1 heterocycles. The molecule has 2 bridgehead atoms. The zero-order valence-electron chi connectivity index (χ0n) is 24.0. The first-order valence-electron chi connectivity index (χ1n) is 14.3. The van der Waals surface area contributed by atoms with E-state index in [1.54, 1.807) is 36.4 Å². The summed E-state index contributed by atoms with van der Waals surface area (Å²) in [5, 5.41) is 2.65. The number of rotatable bonds is 7. The molecule has 4 aliphatic rings. The molecule has 1 fully saturated rings. The van der Waals surface area contributed by atoms with Gasteiger partial charge in [0.15, 0.2) is 6.61 Å². The van der Waals surface area contributed by atoms with E-state index in [0.29, 0.717) is 17.2 Å². The number of methoxy groups -OCH3 is 2. The van der Waals surface area contributed by atoms with Crippen LogP contribution >= 0.6 is 0 Å². The van der Waals surface area contributed by atoms with Crippen LogP contribution in [0.15, 0.2) is 91.0 Å². The lowest BCUT2D eigenvalue weighted by molar-refractivity contribution is -0.122. The summed E-state index contributed by atoms with van der Waals surface area (Å²) in [5.41, 5.74) is 4.75. The van der Waals surface area contributed by atoms with E-state index < -0.39 is 30.3 Å². The van der Waals surface area contributed by atoms with Crippen molar-refractivity contribution in [1.82, 2.24) is 0 Å². The third-order valence-electron chi connectivity index (χ3n) is 8.83. The number of carbonyl (C=O) groups excluding carboxylic acids is 4. The average molecular weight is 589 g/mol. The maximum absolute atomic E-state index is 14.2. The van der Waals surface area contributed by atoms with Gasteiger partial charge in [-0.1, -0.05) is 60.7 Å². The first-order valence-corrected chi connectivity index (χ1v) is 14.3. The Hall–Kier alpha value is -5.44. The fourth-order valence-corrected chi connectivity index (χ4v) is 7.06. The van der Waals surface area contributed by atoms with Crippen LogP contribution in [0.5, 0.6) is 11.5 Å². The van der Waals surface area contributed by atoms with Crippen molar-refractivity contribution in [2.45, 2.75) is 11.8 Å². The van der Waals surface area contributed by atoms with Crippen LogP contribution in [-0.4, -0.2) is 44.5 Å². The summed E-state index contributed by atoms with van der Waals surface area (Å²) in [7, 11) is 2.97. The predicted molar refractivity (Wildman–Crippen MR) is 161 cm³/mol. The van der Waals surface area contributed by atoms with Crippen molar-refractivity contribution < 1.29 is 33.4 Å². The summed E-state index contributed by atoms with van der Waals surface area (Å²) >= 11 is 0. The minimum atomic E-state index is -0.835. The lowest BCUT2D eigenvalue weighted by Gasteiger charge is -2.45. The average Bonchev–Trinajstić information content (AvgIpc) is 3.33. The van der Waals surface area contributed by atoms with Gasteiger partial charge in [0, 0.05) is 17.9 Å². The zero-order valence-corrected chi connectivity index (χ0v) is 24.0. The van der Waals surface area contributed by atoms with Gasteiger partial charge in [-0.3, -0.25) is 14.4 Å². The fraction of sp³-hybridized carbons (Fsp3) is 0.200. The Kier molecular flexibility index (Phi) is 6.65. The summed E-state index contributed by atoms with van der Waals surface area (Å²) in [4.78, 5) is 55.6. The SMILES string of the molecule is COc1ccc(OC)c(NC(=O)COC(=O)c2ccccc2N2C(=O)[C@@H]3C4c5ccccc5C(c5ccccc54)[C@@H]3C2=O)c1. The number of esters is 1. The lowest BCUT2D eigenvalue weighted by Crippen LogP contribution is -2.41. The second-order valence-corrected chi connectivity index (χ2v) is 11.0. The topological polar surface area (TPSA) is 111 Å². The molecule has 2 atom stereocenters. The zero-order chi connectivity index (χ0) is 30.5. The van der Waals surface area contributed by atoms with Crippen molar-refractivity contribution in [3.05, 3.63) is 119 Å². The molecule has 3 amide bonds. The summed E-state index contributed by atoms with van der Waals surface area (Å²) in [6.45, 7) is -0.602. The number of anilines is 2. The number of ether oxygens (including phenoxy) is 3. The maximum Gasteiger partial charge on any atom is 0.340 e. The smallest absolute Gasteiger partial charge is 0.340 e. The molecule has 0 radical (unpaired) electrons. The first kappa shape index (κ1) is 27.4. The third kappa shape index (κ3) is 4.15. The molecular formula is C35H28N2O7. The summed E-state index contributed by atoms with van der Waals surface area (Å²) < 4.78 is 15.9. The molecule has 0 unspecified atom stereocenters. The molecule has 1 saturated heterocycles. The number of hydrogen-bond acceptors (Lipinski definition) is 7. The van der Waals surface area contributed by atoms with Crippen molar-refractivity contribution in [1.29, 1.82) is 0 Å². The van der Waals surface area contributed by atoms with E-state index in [1.165, 1.54) is 20.3 Å². The van der Waals surface area contributed by atoms with Crippen LogP contribution in [0.3, 0.4) is 0 Å². The minimum absolute atomic E-state index is 0.0157. The van der Waals surface area contributed by atoms with Crippen molar-refractivity contribution in [3.63, 3.8) is 0 Å². The van der Waals surface area contributed by atoms with Crippen LogP contribution in [0.25, 0.3) is 0 Å². The molecule has 9 nitrogen and oxygen atoms in total. The van der Waals surface area contributed by atoms with Gasteiger partial charge in [-0.15, -0.1) is 0 Å². The predicted octanol–water partition coefficient (Wildman–Crippen LogP) is 4.90. The molecule has 4 aromatic carbocycles. The van der Waals surface area contributed by atoms with E-state index in [2.05, 4.69) is 5.32 Å². The Bertz CT molecular complexity index is 1740. The number of carbonyl (C=O) groups is 4. The quantitative estimate of drug-likeness (QED) is 0.242. The van der Waals surface area contributed by atoms with E-state index in [4.69, 9.17) is 14.2 Å². The first-order chi connectivity index (χ1) is 21.4. The van der Waals surface area contributed by atoms with Gasteiger partial charge in [-0.2, -0.15) is 0 Å². The summed E-state index contributed by atoms with van der Waals surface area (Å²) in [6, 6.07) is 27.2. The van der Waals surface area contributed by atoms with Crippen molar-refractivity contribution in [2.24, 2.45) is 11.8 Å². The van der Waals surface area contributed by atoms with Gasteiger partial charge < -0.3 is 19.5 Å². The van der Waals surface area contributed by atoms with Gasteiger partial charge >= 0.3 is 5.97 Å². The molecule has 8 rings (SSSR count). The number of benzene rings is 4. The molecule has 3 aliphatic carbocycles. The van der Waals surface area contributed by atoms with Crippen LogP contribution in [-0.2, 0) is 19.1 Å². The molecule has 0 aromatic heterocycles. The number of nitrogens with zero attached hydrogens (tertiary/aromatic N) is 1. The lowest BCUT2D eigenvalue weighted by atomic mass is 9.55. The van der Waals surface area contributed by atoms with Gasteiger partial charge in [0.1, 0.15) is 11.5 Å². The fourth-order valence-electron chi connectivity index (χ4n) is 7.06. The normalized spacial score (nSPS) is 20.8. The van der Waals surface area contributed by atoms with E-state index in [0.717, 1.165) is 27.2 Å². The highest BCUT2D eigenvalue weighted by Gasteiger charge is 2.62. The highest BCUT2D eigenvalue weighted by atomic mass is 16.5. The van der Waals surface area contributed by atoms with Gasteiger partial charge in [0.25, 0.3) is 5.91 Å². The van der Waals surface area contributed by atoms with E-state index in [-0.39, 0.29) is 34.9 Å². The molecule has 220 valence electrons. The largest absolute Gasteiger partial charge is 0.497 e. The molecule has 0 spiro atoms. The number of imide groups is 1. The summed E-state index contributed by atoms with van der Waals surface area (Å²) in [5.74, 6) is -2.94. The molecule has 1 N–H and O–H groups in total. The standard InChI is InChI=1S/C35H28N2O7/c1-42-19-15-16-27(43-2)25(17-19)36-28(38)18-44-35(41)24-13-7-8-14-26(24)37-33(39)31-29-20-9-3-4-10-21(20)30(32(31)34(37)40)23-12-6-5-11-22(23)29/h3-17,29-32H,18H2,1-2H3,(H,36,38)/t29?,30?,31-,32+. The van der Waals surface area contributed by atoms with Crippen LogP contribution in [0.4, 0.5) is 11.4 Å². The number of amides is 3. The third-order valence-corrected chi connectivity index (χ3v) is 8.83. The Morgan fingerprint density at radius 2 is 1.27 bits per heavy atom. The Morgan fingerprint density at radius 3 is 1.82 bits per heavy atom. The van der Waals surface area contributed by atoms with E-state index >= 15 is 0 Å². The van der Waals surface area contributed by atoms with Crippen molar-refractivity contribution in [2.75, 3.05) is 31.0 Å². The number of para-hydroxylation sites is 1. The number of hydrogen-bond donors (Lipinski definition) is 1. The molecule has 44 heavy (non-hydrogen) atoms. The highest BCUT2D eigenvalue weighted by Crippen LogP contribution is 2.61. The van der Waals surface area contributed by atoms with Crippen molar-refractivity contribution >= 4 is 35.1 Å². The Morgan fingerprint density at radius 1 is 0.727 bits per heavy atom. The minimum Gasteiger partial charge on any atom is -0.497 e. The molecule has 9 heteroatoms. The molecule has 1 aliphatic heterocycles. The van der Waals surface area contributed by atoms with Crippen molar-refractivity contribution in [3.8, 4) is 11.5 Å². The van der Waals surface area contributed by atoms with Crippen LogP contribution in [0.2, 0.25) is 0 Å². The Labute approximate surface area is 253 Å². The van der Waals surface area contributed by atoms with Gasteiger partial charge in [0.05, 0.1) is 43.0 Å². The van der Waals surface area contributed by atoms with Crippen LogP contribution in [0.1, 0.15) is 44.4 Å². The van der Waals surface area contributed by atoms with Gasteiger partial charge in [-0.05, 0) is 46.5 Å². The molecule has 0 saturated carbocycles. The van der Waals surface area contributed by atoms with Crippen LogP contribution in [0, 0.1) is 11.8 Å². The van der Waals surface area contributed by atoms with Gasteiger partial charge in [-0.25, -0.2) is 9.69 Å². The van der Waals surface area contributed by atoms with Gasteiger partial charge in [0.2, 0.25) is 11.8 Å². The monoisotopic (exact) mass is 588 g/mol.